The topological polar surface area (TPSA) is 41.9 Å². The molecule has 1 aromatic carbocycles. The fourth-order valence-corrected chi connectivity index (χ4v) is 3.26. The van der Waals surface area contributed by atoms with Crippen molar-refractivity contribution in [3.05, 3.63) is 29.8 Å². The van der Waals surface area contributed by atoms with E-state index in [9.17, 15) is 5.11 Å². The first-order valence-electron chi connectivity index (χ1n) is 7.95. The maximum Gasteiger partial charge on any atom is 0.135 e. The Bertz CT molecular complexity index is 493. The Morgan fingerprint density at radius 3 is 2.77 bits per heavy atom. The molecule has 1 heterocycles. The average molecular weight is 328 g/mol. The number of aliphatic hydroxyl groups is 1. The van der Waals surface area contributed by atoms with Crippen LogP contribution in [-0.2, 0) is 10.3 Å². The van der Waals surface area contributed by atoms with Gasteiger partial charge in [0.2, 0.25) is 0 Å². The van der Waals surface area contributed by atoms with Crippen LogP contribution >= 0.6 is 12.4 Å². The van der Waals surface area contributed by atoms with Crippen molar-refractivity contribution in [3.8, 4) is 5.75 Å². The fourth-order valence-electron chi connectivity index (χ4n) is 3.26. The number of para-hydroxylation sites is 1. The van der Waals surface area contributed by atoms with Gasteiger partial charge in [0, 0.05) is 24.7 Å². The van der Waals surface area contributed by atoms with Gasteiger partial charge < -0.3 is 14.6 Å². The van der Waals surface area contributed by atoms with Crippen LogP contribution in [0.15, 0.2) is 24.3 Å². The lowest BCUT2D eigenvalue weighted by molar-refractivity contribution is -0.171. The van der Waals surface area contributed by atoms with E-state index >= 15 is 0 Å². The largest absolute Gasteiger partial charge is 0.493 e. The number of rotatable bonds is 5. The molecule has 4 nitrogen and oxygen atoms in total. The second kappa shape index (κ2) is 7.18. The molecular weight excluding hydrogens is 302 g/mol. The first kappa shape index (κ1) is 17.5. The van der Waals surface area contributed by atoms with Gasteiger partial charge >= 0.3 is 0 Å². The third kappa shape index (κ3) is 3.25. The van der Waals surface area contributed by atoms with Crippen molar-refractivity contribution in [3.63, 3.8) is 0 Å². The highest BCUT2D eigenvalue weighted by Gasteiger charge is 2.47. The van der Waals surface area contributed by atoms with Crippen LogP contribution in [0, 0.1) is 0 Å². The summed E-state index contributed by atoms with van der Waals surface area (Å²) in [6.07, 6.45) is 1.95. The summed E-state index contributed by atoms with van der Waals surface area (Å²) in [6, 6.07) is 8.61. The minimum absolute atomic E-state index is 0. The van der Waals surface area contributed by atoms with Crippen LogP contribution in [0.2, 0.25) is 0 Å². The van der Waals surface area contributed by atoms with Crippen molar-refractivity contribution in [1.29, 1.82) is 0 Å². The molecule has 124 valence electrons. The number of aliphatic hydroxyl groups excluding tert-OH is 1. The van der Waals surface area contributed by atoms with E-state index in [-0.39, 0.29) is 12.4 Å². The Morgan fingerprint density at radius 2 is 2.14 bits per heavy atom. The van der Waals surface area contributed by atoms with Gasteiger partial charge in [-0.2, -0.15) is 0 Å². The summed E-state index contributed by atoms with van der Waals surface area (Å²) in [5.41, 5.74) is 0.277. The Morgan fingerprint density at radius 1 is 1.41 bits per heavy atom. The number of hydrogen-bond acceptors (Lipinski definition) is 4. The molecule has 2 aliphatic rings. The number of benzene rings is 1. The van der Waals surface area contributed by atoms with Crippen molar-refractivity contribution in [2.75, 3.05) is 26.3 Å². The number of morpholine rings is 1. The van der Waals surface area contributed by atoms with Gasteiger partial charge in [0.25, 0.3) is 0 Å². The van der Waals surface area contributed by atoms with Gasteiger partial charge in [0.1, 0.15) is 11.4 Å². The normalized spacial score (nSPS) is 27.0. The quantitative estimate of drug-likeness (QED) is 0.902. The van der Waals surface area contributed by atoms with Gasteiger partial charge in [0.15, 0.2) is 0 Å². The highest BCUT2D eigenvalue weighted by molar-refractivity contribution is 5.85. The first-order valence-corrected chi connectivity index (χ1v) is 7.95. The second-order valence-corrected chi connectivity index (χ2v) is 6.04. The molecule has 2 fully saturated rings. The molecule has 1 saturated heterocycles. The predicted octanol–water partition coefficient (Wildman–Crippen LogP) is 2.58. The third-order valence-corrected chi connectivity index (χ3v) is 4.56. The summed E-state index contributed by atoms with van der Waals surface area (Å²) in [7, 11) is 0. The van der Waals surface area contributed by atoms with Crippen LogP contribution in [0.5, 0.6) is 5.75 Å². The zero-order chi connectivity index (χ0) is 14.9. The van der Waals surface area contributed by atoms with Gasteiger partial charge in [-0.15, -0.1) is 12.4 Å². The molecule has 1 aliphatic heterocycles. The summed E-state index contributed by atoms with van der Waals surface area (Å²) < 4.78 is 11.9. The van der Waals surface area contributed by atoms with Crippen LogP contribution in [0.1, 0.15) is 32.3 Å². The highest BCUT2D eigenvalue weighted by atomic mass is 35.5. The van der Waals surface area contributed by atoms with E-state index in [1.165, 1.54) is 12.8 Å². The molecule has 0 amide bonds. The lowest BCUT2D eigenvalue weighted by Crippen LogP contribution is -2.55. The molecule has 0 radical (unpaired) electrons. The number of nitrogens with zero attached hydrogens (tertiary/aromatic N) is 1. The Labute approximate surface area is 138 Å². The van der Waals surface area contributed by atoms with Gasteiger partial charge in [0.05, 0.1) is 19.3 Å². The molecule has 1 aliphatic carbocycles. The van der Waals surface area contributed by atoms with Gasteiger partial charge in [-0.3, -0.25) is 4.90 Å². The monoisotopic (exact) mass is 327 g/mol. The van der Waals surface area contributed by atoms with Crippen molar-refractivity contribution < 1.29 is 14.6 Å². The van der Waals surface area contributed by atoms with E-state index in [0.29, 0.717) is 19.3 Å². The van der Waals surface area contributed by atoms with E-state index in [1.54, 1.807) is 0 Å². The fraction of sp³-hybridized carbons (Fsp3) is 0.647. The molecule has 0 bridgehead atoms. The number of ether oxygens (including phenoxy) is 2. The molecule has 3 rings (SSSR count). The van der Waals surface area contributed by atoms with Gasteiger partial charge in [-0.1, -0.05) is 18.2 Å². The Hall–Kier alpha value is -0.810. The minimum Gasteiger partial charge on any atom is -0.493 e. The van der Waals surface area contributed by atoms with Crippen molar-refractivity contribution >= 4 is 12.4 Å². The van der Waals surface area contributed by atoms with Crippen LogP contribution < -0.4 is 4.74 Å². The van der Waals surface area contributed by atoms with E-state index in [4.69, 9.17) is 9.47 Å². The second-order valence-electron chi connectivity index (χ2n) is 6.04. The SMILES string of the molecule is CCOc1ccccc1C1(C(C)O)CN(C2CC2)CCO1.Cl. The van der Waals surface area contributed by atoms with Crippen molar-refractivity contribution in [2.24, 2.45) is 0 Å². The summed E-state index contributed by atoms with van der Waals surface area (Å²) in [5.74, 6) is 0.818. The van der Waals surface area contributed by atoms with Crippen LogP contribution in [0.4, 0.5) is 0 Å². The Balaban J connectivity index is 0.00000176. The van der Waals surface area contributed by atoms with E-state index in [0.717, 1.165) is 24.4 Å². The number of hydrogen-bond donors (Lipinski definition) is 1. The van der Waals surface area contributed by atoms with Gasteiger partial charge in [-0.25, -0.2) is 0 Å². The molecule has 0 aromatic heterocycles. The molecule has 2 atom stereocenters. The zero-order valence-corrected chi connectivity index (χ0v) is 14.1. The van der Waals surface area contributed by atoms with Gasteiger partial charge in [-0.05, 0) is 32.8 Å². The Kier molecular flexibility index (Phi) is 5.72. The maximum atomic E-state index is 10.5. The van der Waals surface area contributed by atoms with Crippen LogP contribution in [0.25, 0.3) is 0 Å². The average Bonchev–Trinajstić information content (AvgIpc) is 3.33. The van der Waals surface area contributed by atoms with E-state index in [2.05, 4.69) is 4.90 Å². The molecule has 0 spiro atoms. The smallest absolute Gasteiger partial charge is 0.135 e. The lowest BCUT2D eigenvalue weighted by atomic mass is 9.86. The summed E-state index contributed by atoms with van der Waals surface area (Å²) in [4.78, 5) is 2.46. The van der Waals surface area contributed by atoms with Crippen LogP contribution in [0.3, 0.4) is 0 Å². The summed E-state index contributed by atoms with van der Waals surface area (Å²) in [5, 5.41) is 10.5. The molecule has 2 unspecified atom stereocenters. The lowest BCUT2D eigenvalue weighted by Gasteiger charge is -2.45. The van der Waals surface area contributed by atoms with Crippen molar-refractivity contribution in [1.82, 2.24) is 4.90 Å². The van der Waals surface area contributed by atoms with Crippen molar-refractivity contribution in [2.45, 2.75) is 44.4 Å². The summed E-state index contributed by atoms with van der Waals surface area (Å²) in [6.45, 7) is 6.75. The standard InChI is InChI=1S/C17H25NO3.ClH/c1-3-20-16-7-5-4-6-15(16)17(13(2)19)12-18(10-11-21-17)14-8-9-14;/h4-7,13-14,19H,3,8-12H2,1-2H3;1H. The number of halogens is 1. The summed E-state index contributed by atoms with van der Waals surface area (Å²) >= 11 is 0. The van der Waals surface area contributed by atoms with Crippen LogP contribution in [-0.4, -0.2) is 48.5 Å². The molecule has 1 N–H and O–H groups in total. The minimum atomic E-state index is -0.688. The zero-order valence-electron chi connectivity index (χ0n) is 13.3. The molecule has 1 aromatic rings. The first-order chi connectivity index (χ1) is 10.2. The highest BCUT2D eigenvalue weighted by Crippen LogP contribution is 2.41. The van der Waals surface area contributed by atoms with E-state index in [1.807, 2.05) is 38.1 Å². The van der Waals surface area contributed by atoms with E-state index < -0.39 is 11.7 Å². The molecular formula is C17H26ClNO3. The molecule has 5 heteroatoms. The molecule has 22 heavy (non-hydrogen) atoms. The maximum absolute atomic E-state index is 10.5. The predicted molar refractivity (Wildman–Crippen MR) is 88.8 cm³/mol. The third-order valence-electron chi connectivity index (χ3n) is 4.56. The molecule has 1 saturated carbocycles.